The van der Waals surface area contributed by atoms with E-state index in [1.807, 2.05) is 39.0 Å². The Hall–Kier alpha value is -3.26. The lowest BCUT2D eigenvalue weighted by molar-refractivity contribution is -0.120. The van der Waals surface area contributed by atoms with E-state index in [0.717, 1.165) is 57.4 Å². The SMILES string of the molecule is Cc1ccc(C(C)NC(=O)CN(c2ccc(F)cc2)S(=O)(=O)c2ccc(F)cc2)c(C)c1. The molecular weight excluding hydrogens is 434 g/mol. The van der Waals surface area contributed by atoms with Gasteiger partial charge in [0, 0.05) is 0 Å². The molecule has 3 rings (SSSR count). The molecule has 0 spiro atoms. The van der Waals surface area contributed by atoms with Gasteiger partial charge in [0.05, 0.1) is 16.6 Å². The average Bonchev–Trinajstić information content (AvgIpc) is 2.73. The van der Waals surface area contributed by atoms with E-state index < -0.39 is 34.1 Å². The minimum Gasteiger partial charge on any atom is -0.348 e. The van der Waals surface area contributed by atoms with Crippen molar-refractivity contribution >= 4 is 21.6 Å². The number of aryl methyl sites for hydroxylation is 2. The monoisotopic (exact) mass is 458 g/mol. The molecule has 0 fully saturated rings. The summed E-state index contributed by atoms with van der Waals surface area (Å²) in [4.78, 5) is 12.7. The van der Waals surface area contributed by atoms with Gasteiger partial charge >= 0.3 is 0 Å². The van der Waals surface area contributed by atoms with Crippen LogP contribution in [-0.4, -0.2) is 20.9 Å². The molecule has 5 nitrogen and oxygen atoms in total. The van der Waals surface area contributed by atoms with Crippen LogP contribution in [0.2, 0.25) is 0 Å². The number of rotatable bonds is 7. The van der Waals surface area contributed by atoms with Crippen molar-refractivity contribution in [2.75, 3.05) is 10.8 Å². The van der Waals surface area contributed by atoms with Crippen LogP contribution in [0, 0.1) is 25.5 Å². The molecule has 0 saturated carbocycles. The van der Waals surface area contributed by atoms with Crippen LogP contribution in [0.1, 0.15) is 29.7 Å². The van der Waals surface area contributed by atoms with Gasteiger partial charge in [0.2, 0.25) is 5.91 Å². The van der Waals surface area contributed by atoms with Gasteiger partial charge in [-0.3, -0.25) is 9.10 Å². The van der Waals surface area contributed by atoms with Crippen LogP contribution in [0.25, 0.3) is 0 Å². The first kappa shape index (κ1) is 23.4. The molecular formula is C24H24F2N2O3S. The topological polar surface area (TPSA) is 66.5 Å². The molecule has 3 aromatic carbocycles. The minimum atomic E-state index is -4.21. The van der Waals surface area contributed by atoms with Crippen molar-refractivity contribution in [2.24, 2.45) is 0 Å². The number of carbonyl (C=O) groups is 1. The van der Waals surface area contributed by atoms with Crippen molar-refractivity contribution in [1.82, 2.24) is 5.32 Å². The smallest absolute Gasteiger partial charge is 0.264 e. The first-order valence-electron chi connectivity index (χ1n) is 9.98. The second-order valence-electron chi connectivity index (χ2n) is 7.59. The normalized spacial score (nSPS) is 12.3. The number of nitrogens with one attached hydrogen (secondary N) is 1. The van der Waals surface area contributed by atoms with Gasteiger partial charge in [-0.15, -0.1) is 0 Å². The Bertz CT molecular complexity index is 1210. The number of halogens is 2. The zero-order valence-corrected chi connectivity index (χ0v) is 18.8. The van der Waals surface area contributed by atoms with E-state index in [4.69, 9.17) is 0 Å². The fraction of sp³-hybridized carbons (Fsp3) is 0.208. The molecule has 8 heteroatoms. The summed E-state index contributed by atoms with van der Waals surface area (Å²) in [7, 11) is -4.21. The summed E-state index contributed by atoms with van der Waals surface area (Å²) in [5, 5.41) is 2.82. The number of hydrogen-bond donors (Lipinski definition) is 1. The molecule has 1 amide bonds. The van der Waals surface area contributed by atoms with Crippen molar-refractivity contribution in [1.29, 1.82) is 0 Å². The van der Waals surface area contributed by atoms with Crippen LogP contribution >= 0.6 is 0 Å². The highest BCUT2D eigenvalue weighted by Gasteiger charge is 2.28. The van der Waals surface area contributed by atoms with E-state index in [1.165, 1.54) is 12.1 Å². The third kappa shape index (κ3) is 5.31. The number of benzene rings is 3. The highest BCUT2D eigenvalue weighted by molar-refractivity contribution is 7.92. The van der Waals surface area contributed by atoms with Gasteiger partial charge in [-0.05, 0) is 80.4 Å². The first-order chi connectivity index (χ1) is 15.1. The zero-order valence-electron chi connectivity index (χ0n) is 18.0. The van der Waals surface area contributed by atoms with Gasteiger partial charge in [0.1, 0.15) is 18.2 Å². The van der Waals surface area contributed by atoms with Crippen LogP contribution in [-0.2, 0) is 14.8 Å². The molecule has 168 valence electrons. The largest absolute Gasteiger partial charge is 0.348 e. The number of sulfonamides is 1. The Morgan fingerprint density at radius 2 is 1.50 bits per heavy atom. The lowest BCUT2D eigenvalue weighted by Crippen LogP contribution is -2.41. The van der Waals surface area contributed by atoms with Crippen molar-refractivity contribution in [2.45, 2.75) is 31.7 Å². The highest BCUT2D eigenvalue weighted by Crippen LogP contribution is 2.25. The van der Waals surface area contributed by atoms with E-state index in [2.05, 4.69) is 5.32 Å². The lowest BCUT2D eigenvalue weighted by atomic mass is 10.0. The second-order valence-corrected chi connectivity index (χ2v) is 9.45. The maximum atomic E-state index is 13.4. The Morgan fingerprint density at radius 1 is 0.938 bits per heavy atom. The molecule has 0 radical (unpaired) electrons. The number of hydrogen-bond acceptors (Lipinski definition) is 3. The number of nitrogens with zero attached hydrogens (tertiary/aromatic N) is 1. The highest BCUT2D eigenvalue weighted by atomic mass is 32.2. The summed E-state index contributed by atoms with van der Waals surface area (Å²) in [6.07, 6.45) is 0. The van der Waals surface area contributed by atoms with E-state index in [0.29, 0.717) is 0 Å². The van der Waals surface area contributed by atoms with E-state index in [-0.39, 0.29) is 16.6 Å². The molecule has 0 aliphatic carbocycles. The minimum absolute atomic E-state index is 0.116. The van der Waals surface area contributed by atoms with E-state index >= 15 is 0 Å². The van der Waals surface area contributed by atoms with Crippen molar-refractivity contribution < 1.29 is 22.0 Å². The summed E-state index contributed by atoms with van der Waals surface area (Å²) in [6, 6.07) is 14.6. The standard InChI is InChI=1S/C24H24F2N2O3S/c1-16-4-13-23(17(2)14-16)18(3)27-24(29)15-28(21-9-5-19(25)6-10-21)32(30,31)22-11-7-20(26)8-12-22/h4-14,18H,15H2,1-3H3,(H,27,29). The van der Waals surface area contributed by atoms with Gasteiger partial charge in [0.25, 0.3) is 10.0 Å². The second kappa shape index (κ2) is 9.48. The van der Waals surface area contributed by atoms with Gasteiger partial charge in [-0.2, -0.15) is 0 Å². The van der Waals surface area contributed by atoms with E-state index in [9.17, 15) is 22.0 Å². The van der Waals surface area contributed by atoms with Crippen LogP contribution in [0.15, 0.2) is 71.6 Å². The van der Waals surface area contributed by atoms with Crippen LogP contribution < -0.4 is 9.62 Å². The van der Waals surface area contributed by atoms with Crippen LogP contribution in [0.3, 0.4) is 0 Å². The van der Waals surface area contributed by atoms with Crippen molar-refractivity contribution in [3.63, 3.8) is 0 Å². The molecule has 1 atom stereocenters. The van der Waals surface area contributed by atoms with Gasteiger partial charge in [-0.1, -0.05) is 23.8 Å². The number of carbonyl (C=O) groups excluding carboxylic acids is 1. The summed E-state index contributed by atoms with van der Waals surface area (Å²) in [6.45, 7) is 5.20. The zero-order chi connectivity index (χ0) is 23.5. The number of amides is 1. The summed E-state index contributed by atoms with van der Waals surface area (Å²) < 4.78 is 54.1. The van der Waals surface area contributed by atoms with Gasteiger partial charge in [-0.25, -0.2) is 17.2 Å². The molecule has 0 saturated heterocycles. The third-order valence-electron chi connectivity index (χ3n) is 5.07. The number of anilines is 1. The fourth-order valence-electron chi connectivity index (χ4n) is 3.46. The van der Waals surface area contributed by atoms with Crippen molar-refractivity contribution in [3.05, 3.63) is 95.1 Å². The van der Waals surface area contributed by atoms with E-state index in [1.54, 1.807) is 0 Å². The molecule has 0 aliphatic rings. The molecule has 0 heterocycles. The van der Waals surface area contributed by atoms with Gasteiger partial charge < -0.3 is 5.32 Å². The summed E-state index contributed by atoms with van der Waals surface area (Å²) in [5.74, 6) is -1.66. The third-order valence-corrected chi connectivity index (χ3v) is 6.86. The van der Waals surface area contributed by atoms with Crippen LogP contribution in [0.4, 0.5) is 14.5 Å². The lowest BCUT2D eigenvalue weighted by Gasteiger charge is -2.25. The molecule has 1 unspecified atom stereocenters. The van der Waals surface area contributed by atoms with Crippen molar-refractivity contribution in [3.8, 4) is 0 Å². The molecule has 3 aromatic rings. The summed E-state index contributed by atoms with van der Waals surface area (Å²) in [5.41, 5.74) is 3.13. The fourth-order valence-corrected chi connectivity index (χ4v) is 4.88. The average molecular weight is 459 g/mol. The summed E-state index contributed by atoms with van der Waals surface area (Å²) >= 11 is 0. The predicted molar refractivity (Wildman–Crippen MR) is 120 cm³/mol. The Labute approximate surface area is 186 Å². The van der Waals surface area contributed by atoms with Gasteiger partial charge in [0.15, 0.2) is 0 Å². The predicted octanol–water partition coefficient (Wildman–Crippen LogP) is 4.65. The molecule has 32 heavy (non-hydrogen) atoms. The van der Waals surface area contributed by atoms with Crippen LogP contribution in [0.5, 0.6) is 0 Å². The molecule has 0 aromatic heterocycles. The Balaban J connectivity index is 1.89. The molecule has 1 N–H and O–H groups in total. The maximum Gasteiger partial charge on any atom is 0.264 e. The Kier molecular flexibility index (Phi) is 6.93. The Morgan fingerprint density at radius 3 is 2.06 bits per heavy atom. The maximum absolute atomic E-state index is 13.4. The first-order valence-corrected chi connectivity index (χ1v) is 11.4. The quantitative estimate of drug-likeness (QED) is 0.560. The molecule has 0 aliphatic heterocycles. The molecule has 0 bridgehead atoms.